The minimum Gasteiger partial charge on any atom is -0.506 e. The Bertz CT molecular complexity index is 751. The highest BCUT2D eigenvalue weighted by atomic mass is 32.1. The molecule has 2 aromatic rings. The van der Waals surface area contributed by atoms with E-state index >= 15 is 0 Å². The van der Waals surface area contributed by atoms with Gasteiger partial charge in [0.2, 0.25) is 0 Å². The standard InChI is InChI=1S/C17H13NO3S/c19-16-8-2-1-7-15(16)17(20)18(11-13-5-3-9-21-13)12-14-6-4-10-22-14/h2-6,8-10,19H,11-12H2. The Balaban J connectivity index is 1.87. The van der Waals surface area contributed by atoms with E-state index in [1.807, 2.05) is 23.6 Å². The van der Waals surface area contributed by atoms with Gasteiger partial charge in [-0.25, -0.2) is 0 Å². The number of hydrogen-bond acceptors (Lipinski definition) is 4. The number of furan rings is 1. The number of nitrogens with zero attached hydrogens (tertiary/aromatic N) is 1. The third kappa shape index (κ3) is 3.13. The van der Waals surface area contributed by atoms with Crippen LogP contribution in [0.2, 0.25) is 0 Å². The summed E-state index contributed by atoms with van der Waals surface area (Å²) in [5, 5.41) is 11.8. The fourth-order valence-electron chi connectivity index (χ4n) is 2.08. The van der Waals surface area contributed by atoms with Crippen LogP contribution in [-0.2, 0) is 17.9 Å². The molecule has 0 unspecified atom stereocenters. The summed E-state index contributed by atoms with van der Waals surface area (Å²) >= 11 is 1.58. The monoisotopic (exact) mass is 311 g/mol. The van der Waals surface area contributed by atoms with Gasteiger partial charge in [-0.15, -0.1) is 11.3 Å². The first-order valence-corrected chi connectivity index (χ1v) is 7.57. The Morgan fingerprint density at radius 2 is 2.23 bits per heavy atom. The van der Waals surface area contributed by atoms with Gasteiger partial charge in [-0.3, -0.25) is 4.79 Å². The van der Waals surface area contributed by atoms with Gasteiger partial charge in [-0.2, -0.15) is 0 Å². The fraction of sp³-hybridized carbons (Fsp3) is 0.118. The lowest BCUT2D eigenvalue weighted by Gasteiger charge is -2.21. The minimum atomic E-state index is -0.306. The number of aliphatic hydroxyl groups is 1. The molecule has 0 atom stereocenters. The van der Waals surface area contributed by atoms with Gasteiger partial charge in [0.15, 0.2) is 0 Å². The Labute approximate surface area is 131 Å². The second kappa shape index (κ2) is 6.37. The Morgan fingerprint density at radius 3 is 2.91 bits per heavy atom. The maximum absolute atomic E-state index is 12.7. The van der Waals surface area contributed by atoms with Crippen molar-refractivity contribution in [3.8, 4) is 0 Å². The lowest BCUT2D eigenvalue weighted by Crippen LogP contribution is -2.31. The van der Waals surface area contributed by atoms with Gasteiger partial charge in [-0.1, -0.05) is 17.5 Å². The molecular formula is C17H13NO3S. The predicted molar refractivity (Wildman–Crippen MR) is 83.1 cm³/mol. The molecule has 1 aliphatic rings. The zero-order valence-corrected chi connectivity index (χ0v) is 12.5. The second-order valence-electron chi connectivity index (χ2n) is 4.68. The maximum atomic E-state index is 12.7. The molecule has 0 bridgehead atoms. The molecule has 0 spiro atoms. The molecule has 0 aliphatic heterocycles. The van der Waals surface area contributed by atoms with Crippen LogP contribution in [-0.4, -0.2) is 15.9 Å². The van der Waals surface area contributed by atoms with Crippen LogP contribution in [0.25, 0.3) is 0 Å². The van der Waals surface area contributed by atoms with Crippen LogP contribution in [0.3, 0.4) is 0 Å². The number of carbonyl (C=O) groups excluding carboxylic acids is 1. The largest absolute Gasteiger partial charge is 0.506 e. The van der Waals surface area contributed by atoms with E-state index in [4.69, 9.17) is 4.42 Å². The SMILES string of the molecule is O=C(C1=C=C=CC=C1O)N(Cc1ccco1)Cc1cccs1. The van der Waals surface area contributed by atoms with Crippen LogP contribution < -0.4 is 0 Å². The van der Waals surface area contributed by atoms with Crippen LogP contribution in [0.15, 0.2) is 75.3 Å². The number of thiophene rings is 1. The summed E-state index contributed by atoms with van der Waals surface area (Å²) in [4.78, 5) is 15.4. The number of hydrogen-bond donors (Lipinski definition) is 1. The van der Waals surface area contributed by atoms with E-state index in [0.717, 1.165) is 4.88 Å². The summed E-state index contributed by atoms with van der Waals surface area (Å²) in [6, 6.07) is 7.50. The lowest BCUT2D eigenvalue weighted by atomic mass is 10.1. The van der Waals surface area contributed by atoms with Crippen molar-refractivity contribution in [1.29, 1.82) is 0 Å². The molecule has 110 valence electrons. The Kier molecular flexibility index (Phi) is 4.12. The first-order chi connectivity index (χ1) is 10.7. The summed E-state index contributed by atoms with van der Waals surface area (Å²) in [6.45, 7) is 0.769. The van der Waals surface area contributed by atoms with Crippen molar-refractivity contribution >= 4 is 17.2 Å². The third-order valence-electron chi connectivity index (χ3n) is 3.13. The molecule has 0 radical (unpaired) electrons. The topological polar surface area (TPSA) is 53.7 Å². The van der Waals surface area contributed by atoms with E-state index in [2.05, 4.69) is 11.5 Å². The highest BCUT2D eigenvalue weighted by molar-refractivity contribution is 7.09. The van der Waals surface area contributed by atoms with E-state index in [9.17, 15) is 9.90 Å². The second-order valence-corrected chi connectivity index (χ2v) is 5.72. The van der Waals surface area contributed by atoms with Crippen molar-refractivity contribution in [3.63, 3.8) is 0 Å². The van der Waals surface area contributed by atoms with E-state index in [1.165, 1.54) is 12.2 Å². The zero-order valence-electron chi connectivity index (χ0n) is 11.7. The Hall–Kier alpha value is -2.71. The number of carbonyl (C=O) groups is 1. The van der Waals surface area contributed by atoms with Crippen molar-refractivity contribution < 1.29 is 14.3 Å². The first kappa shape index (κ1) is 14.2. The van der Waals surface area contributed by atoms with E-state index in [-0.39, 0.29) is 17.2 Å². The molecule has 3 rings (SSSR count). The molecule has 0 saturated carbocycles. The highest BCUT2D eigenvalue weighted by Crippen LogP contribution is 2.19. The molecule has 2 heterocycles. The van der Waals surface area contributed by atoms with Crippen molar-refractivity contribution in [1.82, 2.24) is 4.90 Å². The van der Waals surface area contributed by atoms with Crippen LogP contribution in [0.1, 0.15) is 10.6 Å². The van der Waals surface area contributed by atoms with Gasteiger partial charge >= 0.3 is 0 Å². The quantitative estimate of drug-likeness (QED) is 0.859. The van der Waals surface area contributed by atoms with Crippen LogP contribution in [0.4, 0.5) is 0 Å². The molecule has 0 aromatic carbocycles. The number of amides is 1. The first-order valence-electron chi connectivity index (χ1n) is 6.69. The fourth-order valence-corrected chi connectivity index (χ4v) is 2.80. The van der Waals surface area contributed by atoms with Gasteiger partial charge < -0.3 is 14.4 Å². The summed E-state index contributed by atoms with van der Waals surface area (Å²) in [5.74, 6) is 0.280. The third-order valence-corrected chi connectivity index (χ3v) is 3.99. The van der Waals surface area contributed by atoms with Crippen molar-refractivity contribution in [2.45, 2.75) is 13.1 Å². The molecule has 1 aliphatic carbocycles. The molecule has 22 heavy (non-hydrogen) atoms. The van der Waals surface area contributed by atoms with E-state index in [1.54, 1.807) is 28.6 Å². The normalized spacial score (nSPS) is 12.9. The molecule has 1 amide bonds. The van der Waals surface area contributed by atoms with Gasteiger partial charge in [-0.05, 0) is 35.7 Å². The van der Waals surface area contributed by atoms with Gasteiger partial charge in [0.25, 0.3) is 5.91 Å². The van der Waals surface area contributed by atoms with Gasteiger partial charge in [0, 0.05) is 4.88 Å². The molecule has 4 nitrogen and oxygen atoms in total. The van der Waals surface area contributed by atoms with Crippen molar-refractivity contribution in [2.75, 3.05) is 0 Å². The molecule has 2 aromatic heterocycles. The van der Waals surface area contributed by atoms with E-state index in [0.29, 0.717) is 18.8 Å². The molecular weight excluding hydrogens is 298 g/mol. The average molecular weight is 311 g/mol. The summed E-state index contributed by atoms with van der Waals surface area (Å²) in [5.41, 5.74) is 5.50. The molecule has 0 saturated heterocycles. The van der Waals surface area contributed by atoms with Crippen LogP contribution >= 0.6 is 11.3 Å². The van der Waals surface area contributed by atoms with E-state index < -0.39 is 0 Å². The van der Waals surface area contributed by atoms with Gasteiger partial charge in [0.1, 0.15) is 17.1 Å². The number of rotatable bonds is 5. The predicted octanol–water partition coefficient (Wildman–Crippen LogP) is 3.56. The zero-order chi connectivity index (χ0) is 15.4. The molecule has 0 fully saturated rings. The van der Waals surface area contributed by atoms with Gasteiger partial charge in [0.05, 0.1) is 19.4 Å². The minimum absolute atomic E-state index is 0.0978. The smallest absolute Gasteiger partial charge is 0.266 e. The van der Waals surface area contributed by atoms with Crippen LogP contribution in [0, 0.1) is 0 Å². The van der Waals surface area contributed by atoms with Crippen molar-refractivity contribution in [2.24, 2.45) is 0 Å². The maximum Gasteiger partial charge on any atom is 0.266 e. The number of allylic oxidation sites excluding steroid dienone is 2. The Morgan fingerprint density at radius 1 is 1.32 bits per heavy atom. The van der Waals surface area contributed by atoms with Crippen LogP contribution in [0.5, 0.6) is 0 Å². The molecule has 1 N–H and O–H groups in total. The number of aliphatic hydroxyl groups excluding tert-OH is 1. The highest BCUT2D eigenvalue weighted by Gasteiger charge is 2.23. The average Bonchev–Trinajstić information content (AvgIpc) is 3.20. The summed E-state index contributed by atoms with van der Waals surface area (Å²) in [7, 11) is 0. The summed E-state index contributed by atoms with van der Waals surface area (Å²) in [6.07, 6.45) is 4.52. The molecule has 5 heteroatoms. The lowest BCUT2D eigenvalue weighted by molar-refractivity contribution is -0.128. The van der Waals surface area contributed by atoms with Crippen molar-refractivity contribution in [3.05, 3.63) is 81.5 Å². The summed E-state index contributed by atoms with van der Waals surface area (Å²) < 4.78 is 5.33.